The topological polar surface area (TPSA) is 59.3 Å². The highest BCUT2D eigenvalue weighted by Gasteiger charge is 2.23. The summed E-state index contributed by atoms with van der Waals surface area (Å²) < 4.78 is 10.3. The van der Waals surface area contributed by atoms with Gasteiger partial charge in [0.15, 0.2) is 0 Å². The molecule has 1 aromatic rings. The molecule has 0 saturated heterocycles. The second-order valence-electron chi connectivity index (χ2n) is 3.78. The summed E-state index contributed by atoms with van der Waals surface area (Å²) in [5.41, 5.74) is 1.21. The molecule has 4 nitrogen and oxygen atoms in total. The Kier molecular flexibility index (Phi) is 5.19. The Morgan fingerprint density at radius 3 is 2.67 bits per heavy atom. The number of rotatable bonds is 5. The molecule has 0 heterocycles. The van der Waals surface area contributed by atoms with E-state index in [2.05, 4.69) is 6.07 Å². The minimum Gasteiger partial charge on any atom is -0.496 e. The highest BCUT2D eigenvalue weighted by atomic mass is 16.5. The fourth-order valence-corrected chi connectivity index (χ4v) is 1.83. The van der Waals surface area contributed by atoms with Crippen LogP contribution in [0.3, 0.4) is 0 Å². The molecule has 4 heteroatoms. The van der Waals surface area contributed by atoms with Gasteiger partial charge in [-0.25, -0.2) is 0 Å². The SMILES string of the molecule is CCOC(=O)C(CC)c1cc(C#N)ccc1OC. The molecule has 96 valence electrons. The Balaban J connectivity index is 3.18. The van der Waals surface area contributed by atoms with E-state index in [0.717, 1.165) is 0 Å². The highest BCUT2D eigenvalue weighted by molar-refractivity contribution is 5.79. The van der Waals surface area contributed by atoms with Crippen LogP contribution >= 0.6 is 0 Å². The monoisotopic (exact) mass is 247 g/mol. The fourth-order valence-electron chi connectivity index (χ4n) is 1.83. The van der Waals surface area contributed by atoms with Gasteiger partial charge in [-0.1, -0.05) is 6.92 Å². The third-order valence-corrected chi connectivity index (χ3v) is 2.71. The van der Waals surface area contributed by atoms with Crippen LogP contribution in [0.2, 0.25) is 0 Å². The summed E-state index contributed by atoms with van der Waals surface area (Å²) in [4.78, 5) is 11.9. The Hall–Kier alpha value is -2.02. The quantitative estimate of drug-likeness (QED) is 0.750. The molecule has 1 aromatic carbocycles. The van der Waals surface area contributed by atoms with Crippen molar-refractivity contribution in [3.05, 3.63) is 29.3 Å². The van der Waals surface area contributed by atoms with Gasteiger partial charge in [0.1, 0.15) is 5.75 Å². The lowest BCUT2D eigenvalue weighted by molar-refractivity contribution is -0.145. The van der Waals surface area contributed by atoms with E-state index in [1.807, 2.05) is 6.92 Å². The molecule has 18 heavy (non-hydrogen) atoms. The van der Waals surface area contributed by atoms with Crippen LogP contribution in [-0.4, -0.2) is 19.7 Å². The van der Waals surface area contributed by atoms with Crippen LogP contribution in [0.5, 0.6) is 5.75 Å². The van der Waals surface area contributed by atoms with Crippen molar-refractivity contribution >= 4 is 5.97 Å². The second-order valence-corrected chi connectivity index (χ2v) is 3.78. The van der Waals surface area contributed by atoms with Crippen molar-refractivity contribution in [3.8, 4) is 11.8 Å². The summed E-state index contributed by atoms with van der Waals surface area (Å²) in [6, 6.07) is 7.12. The van der Waals surface area contributed by atoms with Crippen LogP contribution in [0, 0.1) is 11.3 Å². The Morgan fingerprint density at radius 1 is 1.44 bits per heavy atom. The maximum Gasteiger partial charge on any atom is 0.313 e. The number of carbonyl (C=O) groups excluding carboxylic acids is 1. The number of methoxy groups -OCH3 is 1. The lowest BCUT2D eigenvalue weighted by atomic mass is 9.94. The third kappa shape index (κ3) is 3.01. The van der Waals surface area contributed by atoms with Crippen molar-refractivity contribution in [2.24, 2.45) is 0 Å². The smallest absolute Gasteiger partial charge is 0.313 e. The number of nitrogens with zero attached hydrogens (tertiary/aromatic N) is 1. The first-order valence-corrected chi connectivity index (χ1v) is 5.92. The van der Waals surface area contributed by atoms with Gasteiger partial charge in [-0.15, -0.1) is 0 Å². The lowest BCUT2D eigenvalue weighted by Crippen LogP contribution is -2.16. The number of carbonyl (C=O) groups is 1. The van der Waals surface area contributed by atoms with Gasteiger partial charge in [0.2, 0.25) is 0 Å². The zero-order valence-corrected chi connectivity index (χ0v) is 10.9. The summed E-state index contributed by atoms with van der Waals surface area (Å²) >= 11 is 0. The zero-order chi connectivity index (χ0) is 13.5. The number of hydrogen-bond donors (Lipinski definition) is 0. The van der Waals surface area contributed by atoms with Crippen LogP contribution < -0.4 is 4.74 Å². The normalized spacial score (nSPS) is 11.4. The molecular formula is C14H17NO3. The molecule has 0 saturated carbocycles. The van der Waals surface area contributed by atoms with E-state index >= 15 is 0 Å². The Bertz CT molecular complexity index is 463. The van der Waals surface area contributed by atoms with Gasteiger partial charge in [0, 0.05) is 5.56 Å². The van der Waals surface area contributed by atoms with Gasteiger partial charge < -0.3 is 9.47 Å². The molecule has 0 amide bonds. The summed E-state index contributed by atoms with van der Waals surface area (Å²) in [6.07, 6.45) is 0.601. The van der Waals surface area contributed by atoms with Crippen LogP contribution in [0.15, 0.2) is 18.2 Å². The predicted molar refractivity (Wildman–Crippen MR) is 67.4 cm³/mol. The molecule has 0 spiro atoms. The number of esters is 1. The van der Waals surface area contributed by atoms with E-state index in [-0.39, 0.29) is 5.97 Å². The maximum atomic E-state index is 11.9. The van der Waals surface area contributed by atoms with Crippen molar-refractivity contribution in [1.29, 1.82) is 5.26 Å². The van der Waals surface area contributed by atoms with E-state index in [4.69, 9.17) is 14.7 Å². The molecule has 1 unspecified atom stereocenters. The molecular weight excluding hydrogens is 230 g/mol. The van der Waals surface area contributed by atoms with E-state index in [1.165, 1.54) is 0 Å². The fraction of sp³-hybridized carbons (Fsp3) is 0.429. The summed E-state index contributed by atoms with van der Waals surface area (Å²) in [5, 5.41) is 8.92. The van der Waals surface area contributed by atoms with E-state index in [1.54, 1.807) is 32.2 Å². The Labute approximate surface area is 107 Å². The first kappa shape index (κ1) is 14.0. The second kappa shape index (κ2) is 6.65. The lowest BCUT2D eigenvalue weighted by Gasteiger charge is -2.17. The molecule has 0 bridgehead atoms. The predicted octanol–water partition coefficient (Wildman–Crippen LogP) is 2.62. The highest BCUT2D eigenvalue weighted by Crippen LogP contribution is 2.30. The zero-order valence-electron chi connectivity index (χ0n) is 10.9. The van der Waals surface area contributed by atoms with Gasteiger partial charge in [-0.2, -0.15) is 5.26 Å². The maximum absolute atomic E-state index is 11.9. The molecule has 0 fully saturated rings. The van der Waals surface area contributed by atoms with Crippen molar-refractivity contribution in [3.63, 3.8) is 0 Å². The van der Waals surface area contributed by atoms with Crippen LogP contribution in [0.4, 0.5) is 0 Å². The third-order valence-electron chi connectivity index (χ3n) is 2.71. The van der Waals surface area contributed by atoms with Crippen molar-refractivity contribution in [2.75, 3.05) is 13.7 Å². The van der Waals surface area contributed by atoms with Crippen LogP contribution in [0.25, 0.3) is 0 Å². The number of nitriles is 1. The largest absolute Gasteiger partial charge is 0.496 e. The summed E-state index contributed by atoms with van der Waals surface area (Å²) in [5.74, 6) is -0.0736. The molecule has 0 N–H and O–H groups in total. The standard InChI is InChI=1S/C14H17NO3/c1-4-11(14(16)18-5-2)12-8-10(9-15)6-7-13(12)17-3/h6-8,11H,4-5H2,1-3H3. The van der Waals surface area contributed by atoms with Gasteiger partial charge >= 0.3 is 5.97 Å². The number of ether oxygens (including phenoxy) is 2. The molecule has 1 rings (SSSR count). The van der Waals surface area contributed by atoms with Crippen LogP contribution in [-0.2, 0) is 9.53 Å². The summed E-state index contributed by atoms with van der Waals surface area (Å²) in [6.45, 7) is 4.02. The van der Waals surface area contributed by atoms with Crippen LogP contribution in [0.1, 0.15) is 37.3 Å². The van der Waals surface area contributed by atoms with E-state index in [0.29, 0.717) is 29.9 Å². The first-order chi connectivity index (χ1) is 8.67. The van der Waals surface area contributed by atoms with Crippen molar-refractivity contribution in [1.82, 2.24) is 0 Å². The van der Waals surface area contributed by atoms with E-state index < -0.39 is 5.92 Å². The van der Waals surface area contributed by atoms with Crippen molar-refractivity contribution in [2.45, 2.75) is 26.2 Å². The molecule has 0 aromatic heterocycles. The average Bonchev–Trinajstić information content (AvgIpc) is 2.39. The average molecular weight is 247 g/mol. The van der Waals surface area contributed by atoms with Gasteiger partial charge in [-0.05, 0) is 31.5 Å². The van der Waals surface area contributed by atoms with Gasteiger partial charge in [0.25, 0.3) is 0 Å². The molecule has 0 aliphatic carbocycles. The van der Waals surface area contributed by atoms with Gasteiger partial charge in [0.05, 0.1) is 31.3 Å². The molecule has 1 atom stereocenters. The van der Waals surface area contributed by atoms with Crippen molar-refractivity contribution < 1.29 is 14.3 Å². The Morgan fingerprint density at radius 2 is 2.17 bits per heavy atom. The molecule has 0 radical (unpaired) electrons. The molecule has 0 aliphatic heterocycles. The summed E-state index contributed by atoms with van der Waals surface area (Å²) in [7, 11) is 1.54. The van der Waals surface area contributed by atoms with E-state index in [9.17, 15) is 4.79 Å². The first-order valence-electron chi connectivity index (χ1n) is 5.92. The minimum absolute atomic E-state index is 0.284. The van der Waals surface area contributed by atoms with Gasteiger partial charge in [-0.3, -0.25) is 4.79 Å². The molecule has 0 aliphatic rings. The minimum atomic E-state index is -0.395. The number of benzene rings is 1. The number of hydrogen-bond acceptors (Lipinski definition) is 4.